The Morgan fingerprint density at radius 2 is 1.69 bits per heavy atom. The lowest BCUT2D eigenvalue weighted by Gasteiger charge is -2.24. The third-order valence-electron chi connectivity index (χ3n) is 6.97. The zero-order chi connectivity index (χ0) is 26.8. The highest BCUT2D eigenvalue weighted by Gasteiger charge is 2.21. The summed E-state index contributed by atoms with van der Waals surface area (Å²) in [6.07, 6.45) is 2.15. The Hall–Kier alpha value is -3.39. The van der Waals surface area contributed by atoms with Crippen LogP contribution in [0.3, 0.4) is 0 Å². The minimum absolute atomic E-state index is 0.268. The number of hydrogen-bond donors (Lipinski definition) is 0. The average molecular weight is 559 g/mol. The van der Waals surface area contributed by atoms with Crippen molar-refractivity contribution in [3.8, 4) is 22.9 Å². The van der Waals surface area contributed by atoms with Gasteiger partial charge >= 0.3 is 0 Å². The number of aryl methyl sites for hydroxylation is 1. The Bertz CT molecular complexity index is 1600. The quantitative estimate of drug-likeness (QED) is 0.175. The molecule has 0 N–H and O–H groups in total. The predicted molar refractivity (Wildman–Crippen MR) is 157 cm³/mol. The number of rotatable bonds is 10. The Morgan fingerprint density at radius 1 is 0.923 bits per heavy atom. The molecule has 0 unspecified atom stereocenters. The van der Waals surface area contributed by atoms with E-state index in [0.29, 0.717) is 11.7 Å². The number of aromatic nitrogens is 3. The van der Waals surface area contributed by atoms with Crippen LogP contribution in [0.5, 0.6) is 11.5 Å². The number of benzene rings is 3. The van der Waals surface area contributed by atoms with Gasteiger partial charge in [0.1, 0.15) is 5.82 Å². The standard InChI is InChI=1S/C31H31ClN4O2S/c1-3-4-14-36-26(30(32)34-31(36)24-8-6-5-7-9-24)19-35(18-23-10-12-27-28(16-23)38-20-37-27)17-22-11-13-29-25(15-22)33-21(2)39-29/h5-13,15-16H,3-4,14,17-20H2,1-2H3. The first-order valence-electron chi connectivity index (χ1n) is 13.3. The van der Waals surface area contributed by atoms with Crippen LogP contribution >= 0.6 is 22.9 Å². The van der Waals surface area contributed by atoms with Crippen molar-refractivity contribution >= 4 is 33.2 Å². The van der Waals surface area contributed by atoms with E-state index in [4.69, 9.17) is 31.0 Å². The van der Waals surface area contributed by atoms with Gasteiger partial charge in [0.2, 0.25) is 6.79 Å². The van der Waals surface area contributed by atoms with E-state index >= 15 is 0 Å². The molecule has 0 spiro atoms. The second kappa shape index (κ2) is 11.4. The van der Waals surface area contributed by atoms with Gasteiger partial charge in [0.05, 0.1) is 20.9 Å². The molecule has 3 heterocycles. The number of nitrogens with zero attached hydrogens (tertiary/aromatic N) is 4. The summed E-state index contributed by atoms with van der Waals surface area (Å²) < 4.78 is 14.7. The molecule has 0 amide bonds. The number of ether oxygens (including phenoxy) is 2. The molecule has 2 aromatic heterocycles. The molecular formula is C31H31ClN4O2S. The van der Waals surface area contributed by atoms with E-state index in [1.54, 1.807) is 11.3 Å². The van der Waals surface area contributed by atoms with Gasteiger partial charge in [0.15, 0.2) is 16.7 Å². The summed E-state index contributed by atoms with van der Waals surface area (Å²) in [5.74, 6) is 2.51. The van der Waals surface area contributed by atoms with Crippen molar-refractivity contribution in [3.05, 3.63) is 93.7 Å². The van der Waals surface area contributed by atoms with Gasteiger partial charge in [-0.1, -0.05) is 67.4 Å². The maximum absolute atomic E-state index is 6.88. The molecule has 6 nitrogen and oxygen atoms in total. The molecule has 0 radical (unpaired) electrons. The van der Waals surface area contributed by atoms with E-state index in [2.05, 4.69) is 65.8 Å². The second-order valence-electron chi connectivity index (χ2n) is 9.91. The average Bonchev–Trinajstić information content (AvgIpc) is 3.64. The third-order valence-corrected chi connectivity index (χ3v) is 8.23. The van der Waals surface area contributed by atoms with E-state index in [-0.39, 0.29) is 6.79 Å². The predicted octanol–water partition coefficient (Wildman–Crippen LogP) is 7.85. The van der Waals surface area contributed by atoms with Crippen LogP contribution in [0.25, 0.3) is 21.6 Å². The number of fused-ring (bicyclic) bond motifs is 2. The summed E-state index contributed by atoms with van der Waals surface area (Å²) in [5.41, 5.74) is 5.54. The smallest absolute Gasteiger partial charge is 0.231 e. The monoisotopic (exact) mass is 558 g/mol. The summed E-state index contributed by atoms with van der Waals surface area (Å²) in [6.45, 7) is 7.53. The molecule has 0 atom stereocenters. The molecule has 5 aromatic rings. The summed E-state index contributed by atoms with van der Waals surface area (Å²) in [7, 11) is 0. The maximum atomic E-state index is 6.88. The fourth-order valence-electron chi connectivity index (χ4n) is 5.09. The van der Waals surface area contributed by atoms with Crippen LogP contribution in [0.2, 0.25) is 5.15 Å². The van der Waals surface area contributed by atoms with Crippen LogP contribution in [0.1, 0.15) is 41.6 Å². The highest BCUT2D eigenvalue weighted by Crippen LogP contribution is 2.34. The molecule has 0 saturated carbocycles. The van der Waals surface area contributed by atoms with Crippen LogP contribution < -0.4 is 9.47 Å². The van der Waals surface area contributed by atoms with Crippen LogP contribution in [-0.2, 0) is 26.2 Å². The minimum Gasteiger partial charge on any atom is -0.454 e. The lowest BCUT2D eigenvalue weighted by Crippen LogP contribution is -2.24. The molecule has 200 valence electrons. The van der Waals surface area contributed by atoms with Gasteiger partial charge in [-0.2, -0.15) is 0 Å². The Kier molecular flexibility index (Phi) is 7.55. The van der Waals surface area contributed by atoms with E-state index in [9.17, 15) is 0 Å². The van der Waals surface area contributed by atoms with E-state index < -0.39 is 0 Å². The van der Waals surface area contributed by atoms with Crippen molar-refractivity contribution in [1.29, 1.82) is 0 Å². The number of thiazole rings is 1. The van der Waals surface area contributed by atoms with Gasteiger partial charge in [0.25, 0.3) is 0 Å². The van der Waals surface area contributed by atoms with Crippen LogP contribution in [0.15, 0.2) is 66.7 Å². The molecule has 8 heteroatoms. The van der Waals surface area contributed by atoms with E-state index in [1.807, 2.05) is 24.3 Å². The molecule has 0 saturated heterocycles. The number of unbranched alkanes of at least 4 members (excludes halogenated alkanes) is 1. The summed E-state index contributed by atoms with van der Waals surface area (Å²) >= 11 is 8.61. The third kappa shape index (κ3) is 5.66. The van der Waals surface area contributed by atoms with E-state index in [1.165, 1.54) is 10.3 Å². The highest BCUT2D eigenvalue weighted by molar-refractivity contribution is 7.18. The van der Waals surface area contributed by atoms with Crippen LogP contribution in [-0.4, -0.2) is 26.2 Å². The van der Waals surface area contributed by atoms with Gasteiger partial charge in [-0.3, -0.25) is 4.90 Å². The molecule has 6 rings (SSSR count). The minimum atomic E-state index is 0.268. The van der Waals surface area contributed by atoms with Crippen LogP contribution in [0, 0.1) is 6.92 Å². The van der Waals surface area contributed by atoms with Crippen molar-refractivity contribution < 1.29 is 9.47 Å². The molecule has 3 aromatic carbocycles. The number of hydrogen-bond acceptors (Lipinski definition) is 6. The van der Waals surface area contributed by atoms with Gasteiger partial charge < -0.3 is 14.0 Å². The van der Waals surface area contributed by atoms with Crippen molar-refractivity contribution in [3.63, 3.8) is 0 Å². The Labute approximate surface area is 237 Å². The summed E-state index contributed by atoms with van der Waals surface area (Å²) in [6, 6.07) is 23.1. The molecule has 1 aliphatic rings. The lowest BCUT2D eigenvalue weighted by molar-refractivity contribution is 0.174. The van der Waals surface area contributed by atoms with Crippen LogP contribution in [0.4, 0.5) is 0 Å². The van der Waals surface area contributed by atoms with Gasteiger partial charge in [-0.25, -0.2) is 9.97 Å². The molecule has 0 bridgehead atoms. The normalized spacial score (nSPS) is 12.6. The Balaban J connectivity index is 1.35. The number of halogens is 1. The second-order valence-corrected chi connectivity index (χ2v) is 11.5. The lowest BCUT2D eigenvalue weighted by atomic mass is 10.1. The van der Waals surface area contributed by atoms with E-state index in [0.717, 1.165) is 77.1 Å². The topological polar surface area (TPSA) is 52.4 Å². The highest BCUT2D eigenvalue weighted by atomic mass is 35.5. The first kappa shape index (κ1) is 25.9. The Morgan fingerprint density at radius 3 is 2.51 bits per heavy atom. The first-order chi connectivity index (χ1) is 19.1. The largest absolute Gasteiger partial charge is 0.454 e. The van der Waals surface area contributed by atoms with Gasteiger partial charge in [0, 0.05) is 31.7 Å². The fourth-order valence-corrected chi connectivity index (χ4v) is 6.14. The van der Waals surface area contributed by atoms with Crippen molar-refractivity contribution in [2.75, 3.05) is 6.79 Å². The van der Waals surface area contributed by atoms with Gasteiger partial charge in [-0.05, 0) is 48.7 Å². The summed E-state index contributed by atoms with van der Waals surface area (Å²) in [4.78, 5) is 12.0. The maximum Gasteiger partial charge on any atom is 0.231 e. The summed E-state index contributed by atoms with van der Waals surface area (Å²) in [5, 5.41) is 1.64. The molecule has 0 fully saturated rings. The van der Waals surface area contributed by atoms with Crippen molar-refractivity contribution in [2.45, 2.75) is 52.9 Å². The molecule has 1 aliphatic heterocycles. The van der Waals surface area contributed by atoms with Crippen molar-refractivity contribution in [2.24, 2.45) is 0 Å². The van der Waals surface area contributed by atoms with Crippen molar-refractivity contribution in [1.82, 2.24) is 19.4 Å². The zero-order valence-electron chi connectivity index (χ0n) is 22.2. The SMILES string of the molecule is CCCCn1c(-c2ccccc2)nc(Cl)c1CN(Cc1ccc2c(c1)OCO2)Cc1ccc2sc(C)nc2c1. The molecule has 39 heavy (non-hydrogen) atoms. The molecule has 0 aliphatic carbocycles. The van der Waals surface area contributed by atoms with Gasteiger partial charge in [-0.15, -0.1) is 11.3 Å². The number of imidazole rings is 1. The zero-order valence-corrected chi connectivity index (χ0v) is 23.8. The first-order valence-corrected chi connectivity index (χ1v) is 14.5. The fraction of sp³-hybridized carbons (Fsp3) is 0.290. The molecular weight excluding hydrogens is 528 g/mol.